The molecule has 1 heterocycles. The van der Waals surface area contributed by atoms with E-state index in [0.29, 0.717) is 28.3 Å². The summed E-state index contributed by atoms with van der Waals surface area (Å²) < 4.78 is 31.7. The molecule has 102 valence electrons. The molecule has 0 atom stereocenters. The van der Waals surface area contributed by atoms with Gasteiger partial charge in [0.05, 0.1) is 11.0 Å². The van der Waals surface area contributed by atoms with Crippen LogP contribution >= 0.6 is 0 Å². The van der Waals surface area contributed by atoms with Crippen LogP contribution in [-0.4, -0.2) is 9.97 Å². The Balaban J connectivity index is 1.79. The Kier molecular flexibility index (Phi) is 2.98. The van der Waals surface area contributed by atoms with Gasteiger partial charge in [0.2, 0.25) is 0 Å². The lowest BCUT2D eigenvalue weighted by Gasteiger charge is -2.03. The van der Waals surface area contributed by atoms with E-state index in [9.17, 15) is 8.78 Å². The van der Waals surface area contributed by atoms with Crippen molar-refractivity contribution in [3.8, 4) is 5.75 Å². The van der Waals surface area contributed by atoms with E-state index in [1.165, 1.54) is 0 Å². The smallest absolute Gasteiger partial charge is 0.161 e. The zero-order chi connectivity index (χ0) is 14.1. The Morgan fingerprint density at radius 3 is 2.55 bits per heavy atom. The van der Waals surface area contributed by atoms with Gasteiger partial charge in [-0.2, -0.15) is 0 Å². The van der Waals surface area contributed by atoms with Crippen LogP contribution in [0.3, 0.4) is 0 Å². The number of rotatable bonds is 3. The molecule has 20 heavy (non-hydrogen) atoms. The number of nitrogen functional groups attached to an aromatic ring is 1. The van der Waals surface area contributed by atoms with Crippen molar-refractivity contribution in [3.05, 3.63) is 53.9 Å². The second-order valence-electron chi connectivity index (χ2n) is 4.32. The number of nitrogens with one attached hydrogen (secondary N) is 1. The third-order valence-electron chi connectivity index (χ3n) is 2.83. The summed E-state index contributed by atoms with van der Waals surface area (Å²) >= 11 is 0. The molecule has 0 fully saturated rings. The van der Waals surface area contributed by atoms with E-state index < -0.39 is 11.6 Å². The summed E-state index contributed by atoms with van der Waals surface area (Å²) in [6.07, 6.45) is 0. The summed E-state index contributed by atoms with van der Waals surface area (Å²) in [4.78, 5) is 7.01. The quantitative estimate of drug-likeness (QED) is 0.722. The Hall–Kier alpha value is -2.63. The molecule has 4 nitrogen and oxygen atoms in total. The number of hydrogen-bond acceptors (Lipinski definition) is 3. The highest BCUT2D eigenvalue weighted by molar-refractivity contribution is 5.75. The summed E-state index contributed by atoms with van der Waals surface area (Å²) in [6.45, 7) is 0.168. The first kappa shape index (κ1) is 12.4. The lowest BCUT2D eigenvalue weighted by molar-refractivity contribution is 0.297. The first-order chi connectivity index (χ1) is 9.61. The maximum atomic E-state index is 13.1. The zero-order valence-electron chi connectivity index (χ0n) is 10.4. The molecular weight excluding hydrogens is 264 g/mol. The highest BCUT2D eigenvalue weighted by atomic mass is 19.2. The van der Waals surface area contributed by atoms with Gasteiger partial charge < -0.3 is 15.5 Å². The fraction of sp³-hybridized carbons (Fsp3) is 0.0714. The molecule has 0 bridgehead atoms. The number of aromatic nitrogens is 2. The highest BCUT2D eigenvalue weighted by Crippen LogP contribution is 2.18. The zero-order valence-corrected chi connectivity index (χ0v) is 10.4. The molecule has 0 aliphatic heterocycles. The van der Waals surface area contributed by atoms with E-state index in [0.717, 1.165) is 12.1 Å². The molecular formula is C14H11F2N3O. The van der Waals surface area contributed by atoms with Crippen LogP contribution in [-0.2, 0) is 6.61 Å². The number of ether oxygens (including phenoxy) is 1. The van der Waals surface area contributed by atoms with Gasteiger partial charge in [-0.25, -0.2) is 13.8 Å². The molecule has 0 radical (unpaired) electrons. The largest absolute Gasteiger partial charge is 0.486 e. The molecule has 2 aromatic carbocycles. The molecule has 0 aliphatic rings. The molecule has 0 saturated heterocycles. The average molecular weight is 275 g/mol. The maximum Gasteiger partial charge on any atom is 0.161 e. The normalized spacial score (nSPS) is 10.9. The Morgan fingerprint density at radius 2 is 1.80 bits per heavy atom. The van der Waals surface area contributed by atoms with Gasteiger partial charge in [0.25, 0.3) is 0 Å². The fourth-order valence-corrected chi connectivity index (χ4v) is 1.84. The topological polar surface area (TPSA) is 63.9 Å². The minimum absolute atomic E-state index is 0.168. The van der Waals surface area contributed by atoms with Crippen molar-refractivity contribution < 1.29 is 13.5 Å². The van der Waals surface area contributed by atoms with Gasteiger partial charge in [0.1, 0.15) is 18.2 Å². The number of nitrogens with two attached hydrogens (primary N) is 1. The average Bonchev–Trinajstić information content (AvgIpc) is 2.80. The van der Waals surface area contributed by atoms with Crippen molar-refractivity contribution in [1.82, 2.24) is 9.97 Å². The molecule has 0 unspecified atom stereocenters. The van der Waals surface area contributed by atoms with E-state index in [4.69, 9.17) is 10.5 Å². The van der Waals surface area contributed by atoms with Crippen LogP contribution in [0.25, 0.3) is 11.0 Å². The van der Waals surface area contributed by atoms with Crippen molar-refractivity contribution in [2.75, 3.05) is 5.73 Å². The number of H-pyrrole nitrogens is 1. The number of hydrogen-bond donors (Lipinski definition) is 2. The van der Waals surface area contributed by atoms with E-state index in [2.05, 4.69) is 9.97 Å². The minimum Gasteiger partial charge on any atom is -0.486 e. The standard InChI is InChI=1S/C14H11F2N3O/c15-10-5-12-13(6-11(10)16)19-14(18-12)7-20-9-3-1-8(17)2-4-9/h1-6H,7,17H2,(H,18,19). The molecule has 6 heteroatoms. The van der Waals surface area contributed by atoms with Gasteiger partial charge in [-0.3, -0.25) is 0 Å². The van der Waals surface area contributed by atoms with Crippen LogP contribution in [0.1, 0.15) is 5.82 Å². The monoisotopic (exact) mass is 275 g/mol. The third kappa shape index (κ3) is 2.40. The molecule has 0 amide bonds. The summed E-state index contributed by atoms with van der Waals surface area (Å²) in [5.41, 5.74) is 7.00. The van der Waals surface area contributed by atoms with Crippen LogP contribution < -0.4 is 10.5 Å². The number of aromatic amines is 1. The molecule has 0 spiro atoms. The lowest BCUT2D eigenvalue weighted by Crippen LogP contribution is -1.97. The Bertz CT molecular complexity index is 714. The number of fused-ring (bicyclic) bond motifs is 1. The third-order valence-corrected chi connectivity index (χ3v) is 2.83. The molecule has 3 rings (SSSR count). The predicted molar refractivity (Wildman–Crippen MR) is 71.2 cm³/mol. The molecule has 3 aromatic rings. The molecule has 0 aliphatic carbocycles. The van der Waals surface area contributed by atoms with Gasteiger partial charge >= 0.3 is 0 Å². The van der Waals surface area contributed by atoms with Crippen LogP contribution in [0, 0.1) is 11.6 Å². The second kappa shape index (κ2) is 4.80. The van der Waals surface area contributed by atoms with Crippen LogP contribution in [0.4, 0.5) is 14.5 Å². The van der Waals surface area contributed by atoms with Crippen LogP contribution in [0.5, 0.6) is 5.75 Å². The van der Waals surface area contributed by atoms with E-state index in [1.807, 2.05) is 0 Å². The second-order valence-corrected chi connectivity index (χ2v) is 4.32. The first-order valence-electron chi connectivity index (χ1n) is 5.94. The number of nitrogens with zero attached hydrogens (tertiary/aromatic N) is 1. The van der Waals surface area contributed by atoms with Gasteiger partial charge in [0.15, 0.2) is 11.6 Å². The van der Waals surface area contributed by atoms with Crippen molar-refractivity contribution >= 4 is 16.7 Å². The molecule has 3 N–H and O–H groups in total. The number of benzene rings is 2. The van der Waals surface area contributed by atoms with Crippen LogP contribution in [0.15, 0.2) is 36.4 Å². The van der Waals surface area contributed by atoms with Crippen LogP contribution in [0.2, 0.25) is 0 Å². The van der Waals surface area contributed by atoms with Crippen molar-refractivity contribution in [2.24, 2.45) is 0 Å². The minimum atomic E-state index is -0.921. The van der Waals surface area contributed by atoms with Gasteiger partial charge in [-0.05, 0) is 24.3 Å². The van der Waals surface area contributed by atoms with Gasteiger partial charge in [-0.1, -0.05) is 0 Å². The summed E-state index contributed by atoms with van der Waals surface area (Å²) in [7, 11) is 0. The summed E-state index contributed by atoms with van der Waals surface area (Å²) in [5.74, 6) is -0.707. The molecule has 1 aromatic heterocycles. The van der Waals surface area contributed by atoms with E-state index in [1.54, 1.807) is 24.3 Å². The lowest BCUT2D eigenvalue weighted by atomic mass is 10.3. The van der Waals surface area contributed by atoms with Crippen molar-refractivity contribution in [1.29, 1.82) is 0 Å². The number of anilines is 1. The fourth-order valence-electron chi connectivity index (χ4n) is 1.84. The Morgan fingerprint density at radius 1 is 1.10 bits per heavy atom. The van der Waals surface area contributed by atoms with Gasteiger partial charge in [0, 0.05) is 17.8 Å². The van der Waals surface area contributed by atoms with Crippen molar-refractivity contribution in [3.63, 3.8) is 0 Å². The summed E-state index contributed by atoms with van der Waals surface area (Å²) in [6, 6.07) is 9.03. The Labute approximate surface area is 113 Å². The van der Waals surface area contributed by atoms with E-state index >= 15 is 0 Å². The molecule has 0 saturated carbocycles. The van der Waals surface area contributed by atoms with Crippen molar-refractivity contribution in [2.45, 2.75) is 6.61 Å². The van der Waals surface area contributed by atoms with Gasteiger partial charge in [-0.15, -0.1) is 0 Å². The first-order valence-corrected chi connectivity index (χ1v) is 5.94. The summed E-state index contributed by atoms with van der Waals surface area (Å²) in [5, 5.41) is 0. The maximum absolute atomic E-state index is 13.1. The van der Waals surface area contributed by atoms with E-state index in [-0.39, 0.29) is 6.61 Å². The predicted octanol–water partition coefficient (Wildman–Crippen LogP) is 3.00. The highest BCUT2D eigenvalue weighted by Gasteiger charge is 2.09. The number of halogens is 2. The number of imidazole rings is 1. The SMILES string of the molecule is Nc1ccc(OCc2nc3cc(F)c(F)cc3[nH]2)cc1.